The molecule has 246 valence electrons. The molecule has 0 saturated carbocycles. The van der Waals surface area contributed by atoms with Crippen LogP contribution >= 0.6 is 11.3 Å². The Hall–Kier alpha value is -6.16. The van der Waals surface area contributed by atoms with Crippen LogP contribution in [0.2, 0.25) is 0 Å². The van der Waals surface area contributed by atoms with Crippen molar-refractivity contribution in [3.63, 3.8) is 0 Å². The molecule has 2 heterocycles. The van der Waals surface area contributed by atoms with Gasteiger partial charge in [-0.2, -0.15) is 0 Å². The smallest absolute Gasteiger partial charge is 0.159 e. The molecule has 3 heteroatoms. The van der Waals surface area contributed by atoms with E-state index in [1.807, 2.05) is 17.4 Å². The van der Waals surface area contributed by atoms with Gasteiger partial charge in [0.2, 0.25) is 0 Å². The number of fused-ring (bicyclic) bond motifs is 11. The zero-order valence-corrected chi connectivity index (χ0v) is 29.7. The molecular weight excluding hydrogens is 651 g/mol. The van der Waals surface area contributed by atoms with Crippen molar-refractivity contribution in [2.45, 2.75) is 19.3 Å². The van der Waals surface area contributed by atoms with Gasteiger partial charge in [-0.1, -0.05) is 147 Å². The third kappa shape index (κ3) is 4.11. The Bertz CT molecular complexity index is 3050. The quantitative estimate of drug-likeness (QED) is 0.184. The van der Waals surface area contributed by atoms with Gasteiger partial charge in [0, 0.05) is 47.6 Å². The maximum absolute atomic E-state index is 6.70. The molecule has 52 heavy (non-hydrogen) atoms. The number of thiophene rings is 1. The molecule has 1 aliphatic rings. The summed E-state index contributed by atoms with van der Waals surface area (Å²) in [5.41, 5.74) is 12.7. The van der Waals surface area contributed by atoms with E-state index in [1.165, 1.54) is 64.3 Å². The summed E-state index contributed by atoms with van der Waals surface area (Å²) in [7, 11) is 0. The molecule has 0 fully saturated rings. The lowest BCUT2D eigenvalue weighted by atomic mass is 9.82. The van der Waals surface area contributed by atoms with Crippen LogP contribution in [0.15, 0.2) is 168 Å². The third-order valence-electron chi connectivity index (χ3n) is 11.3. The molecule has 0 aliphatic heterocycles. The molecule has 2 nitrogen and oxygen atoms in total. The van der Waals surface area contributed by atoms with Gasteiger partial charge >= 0.3 is 0 Å². The summed E-state index contributed by atoms with van der Waals surface area (Å²) in [5.74, 6) is 0. The Morgan fingerprint density at radius 2 is 1.13 bits per heavy atom. The van der Waals surface area contributed by atoms with Crippen molar-refractivity contribution in [3.8, 4) is 22.3 Å². The number of nitrogens with zero attached hydrogens (tertiary/aromatic N) is 1. The van der Waals surface area contributed by atoms with Crippen molar-refractivity contribution in [1.82, 2.24) is 0 Å². The van der Waals surface area contributed by atoms with E-state index < -0.39 is 0 Å². The fraction of sp³-hybridized carbons (Fsp3) is 0.0612. The van der Waals surface area contributed by atoms with Crippen LogP contribution in [0.5, 0.6) is 0 Å². The summed E-state index contributed by atoms with van der Waals surface area (Å²) in [6, 6.07) is 59.7. The van der Waals surface area contributed by atoms with Crippen LogP contribution in [0.3, 0.4) is 0 Å². The minimum Gasteiger partial charge on any atom is -0.454 e. The number of anilines is 3. The van der Waals surface area contributed by atoms with Crippen molar-refractivity contribution in [2.75, 3.05) is 4.90 Å². The van der Waals surface area contributed by atoms with Crippen LogP contribution in [0.4, 0.5) is 17.1 Å². The van der Waals surface area contributed by atoms with Crippen molar-refractivity contribution >= 4 is 81.3 Å². The standard InChI is InChI=1S/C49H33NOS/c1-49(2)40-19-7-5-15-39(40)45-41(49)20-11-21-42(45)50(43-22-10-17-36-35-14-6-8-23-44(35)51-46(36)43)32-27-24-31(25-28-32)34-16-9-18-37-38-29-26-30-12-3-4-13-33(30)48(38)52-47(34)37/h3-29H,1-2H3. The zero-order valence-electron chi connectivity index (χ0n) is 28.9. The second-order valence-electron chi connectivity index (χ2n) is 14.5. The van der Waals surface area contributed by atoms with Crippen LogP contribution < -0.4 is 4.90 Å². The highest BCUT2D eigenvalue weighted by Crippen LogP contribution is 2.55. The largest absolute Gasteiger partial charge is 0.454 e. The number of hydrogen-bond donors (Lipinski definition) is 0. The first kappa shape index (κ1) is 29.6. The molecule has 0 unspecified atom stereocenters. The van der Waals surface area contributed by atoms with Gasteiger partial charge in [-0.15, -0.1) is 11.3 Å². The van der Waals surface area contributed by atoms with E-state index in [-0.39, 0.29) is 5.41 Å². The summed E-state index contributed by atoms with van der Waals surface area (Å²) in [5, 5.41) is 7.48. The average molecular weight is 684 g/mol. The first-order valence-corrected chi connectivity index (χ1v) is 18.7. The SMILES string of the molecule is CC1(C)c2ccccc2-c2c(N(c3ccc(-c4cccc5c4sc4c6ccccc6ccc54)cc3)c3cccc4c3oc3ccccc34)cccc21. The lowest BCUT2D eigenvalue weighted by Gasteiger charge is -2.29. The molecule has 1 aliphatic carbocycles. The molecule has 0 spiro atoms. The summed E-state index contributed by atoms with van der Waals surface area (Å²) in [4.78, 5) is 2.41. The minimum atomic E-state index is -0.114. The third-order valence-corrected chi connectivity index (χ3v) is 12.6. The molecule has 0 bridgehead atoms. The number of benzene rings is 8. The van der Waals surface area contributed by atoms with Crippen molar-refractivity contribution in [3.05, 3.63) is 175 Å². The molecule has 8 aromatic carbocycles. The van der Waals surface area contributed by atoms with E-state index in [0.717, 1.165) is 39.0 Å². The fourth-order valence-electron chi connectivity index (χ4n) is 8.78. The van der Waals surface area contributed by atoms with Gasteiger partial charge in [0.25, 0.3) is 0 Å². The molecule has 0 amide bonds. The van der Waals surface area contributed by atoms with Gasteiger partial charge in [-0.25, -0.2) is 0 Å². The summed E-state index contributed by atoms with van der Waals surface area (Å²) >= 11 is 1.90. The predicted molar refractivity (Wildman–Crippen MR) is 222 cm³/mol. The van der Waals surface area contributed by atoms with Crippen LogP contribution in [0.25, 0.3) is 75.1 Å². The van der Waals surface area contributed by atoms with Crippen molar-refractivity contribution in [1.29, 1.82) is 0 Å². The number of furan rings is 1. The minimum absolute atomic E-state index is 0.114. The van der Waals surface area contributed by atoms with Gasteiger partial charge < -0.3 is 9.32 Å². The van der Waals surface area contributed by atoms with Crippen LogP contribution in [-0.4, -0.2) is 0 Å². The summed E-state index contributed by atoms with van der Waals surface area (Å²) in [6.45, 7) is 4.69. The molecule has 0 N–H and O–H groups in total. The Labute approximate surface area is 305 Å². The highest BCUT2D eigenvalue weighted by atomic mass is 32.1. The maximum atomic E-state index is 6.70. The van der Waals surface area contributed by atoms with Crippen molar-refractivity contribution in [2.24, 2.45) is 0 Å². The average Bonchev–Trinajstić information content (AvgIpc) is 3.84. The first-order valence-electron chi connectivity index (χ1n) is 17.9. The van der Waals surface area contributed by atoms with Crippen molar-refractivity contribution < 1.29 is 4.42 Å². The fourth-order valence-corrected chi connectivity index (χ4v) is 10.2. The Balaban J connectivity index is 1.13. The van der Waals surface area contributed by atoms with Gasteiger partial charge in [-0.05, 0) is 68.9 Å². The van der Waals surface area contributed by atoms with Crippen LogP contribution in [0.1, 0.15) is 25.0 Å². The molecule has 0 saturated heterocycles. The Morgan fingerprint density at radius 1 is 0.481 bits per heavy atom. The lowest BCUT2D eigenvalue weighted by Crippen LogP contribution is -2.16. The zero-order chi connectivity index (χ0) is 34.6. The molecule has 11 rings (SSSR count). The van der Waals surface area contributed by atoms with Crippen LogP contribution in [0, 0.1) is 0 Å². The molecule has 0 atom stereocenters. The van der Waals surface area contributed by atoms with Gasteiger partial charge in [-0.3, -0.25) is 0 Å². The second-order valence-corrected chi connectivity index (χ2v) is 15.5. The predicted octanol–water partition coefficient (Wildman–Crippen LogP) is 14.6. The van der Waals surface area contributed by atoms with E-state index in [1.54, 1.807) is 0 Å². The molecule has 2 aromatic heterocycles. The molecule has 0 radical (unpaired) electrons. The van der Waals surface area contributed by atoms with Gasteiger partial charge in [0.1, 0.15) is 5.58 Å². The summed E-state index contributed by atoms with van der Waals surface area (Å²) in [6.07, 6.45) is 0. The number of para-hydroxylation sites is 2. The van der Waals surface area contributed by atoms with Gasteiger partial charge in [0.15, 0.2) is 5.58 Å². The van der Waals surface area contributed by atoms with Crippen LogP contribution in [-0.2, 0) is 5.41 Å². The second kappa shape index (κ2) is 10.9. The Kier molecular flexibility index (Phi) is 6.21. The topological polar surface area (TPSA) is 16.4 Å². The highest BCUT2D eigenvalue weighted by Gasteiger charge is 2.38. The molecular formula is C49H33NOS. The first-order chi connectivity index (χ1) is 25.6. The molecule has 10 aromatic rings. The number of rotatable bonds is 4. The lowest BCUT2D eigenvalue weighted by molar-refractivity contribution is 0.660. The summed E-state index contributed by atoms with van der Waals surface area (Å²) < 4.78 is 9.37. The van der Waals surface area contributed by atoms with E-state index in [0.29, 0.717) is 0 Å². The number of hydrogen-bond acceptors (Lipinski definition) is 3. The maximum Gasteiger partial charge on any atom is 0.159 e. The van der Waals surface area contributed by atoms with E-state index in [4.69, 9.17) is 4.42 Å². The normalized spacial score (nSPS) is 13.3. The Morgan fingerprint density at radius 3 is 2.04 bits per heavy atom. The van der Waals surface area contributed by atoms with Gasteiger partial charge in [0.05, 0.1) is 11.4 Å². The van der Waals surface area contributed by atoms with E-state index in [2.05, 4.69) is 176 Å². The van der Waals surface area contributed by atoms with E-state index >= 15 is 0 Å². The monoisotopic (exact) mass is 683 g/mol. The highest BCUT2D eigenvalue weighted by molar-refractivity contribution is 7.27. The van der Waals surface area contributed by atoms with E-state index in [9.17, 15) is 0 Å².